The number of nitrogens with zero attached hydrogens (tertiary/aromatic N) is 3. The Hall–Kier alpha value is -7.01. The highest BCUT2D eigenvalue weighted by atomic mass is 32.1. The van der Waals surface area contributed by atoms with Crippen LogP contribution in [0.3, 0.4) is 0 Å². The molecule has 0 aliphatic rings. The van der Waals surface area contributed by atoms with Crippen molar-refractivity contribution in [3.05, 3.63) is 188 Å². The van der Waals surface area contributed by atoms with Crippen LogP contribution in [0.4, 0.5) is 0 Å². The van der Waals surface area contributed by atoms with Gasteiger partial charge in [0, 0.05) is 36.9 Å². The van der Waals surface area contributed by atoms with Gasteiger partial charge in [0.2, 0.25) is 0 Å². The van der Waals surface area contributed by atoms with Gasteiger partial charge in [-0.2, -0.15) is 0 Å². The first-order valence-electron chi connectivity index (χ1n) is 18.5. The molecule has 0 saturated carbocycles. The molecule has 11 aromatic rings. The minimum Gasteiger partial charge on any atom is -0.208 e. The summed E-state index contributed by atoms with van der Waals surface area (Å²) in [4.78, 5) is 15.0. The maximum Gasteiger partial charge on any atom is 0.164 e. The van der Waals surface area contributed by atoms with Crippen LogP contribution in [-0.2, 0) is 0 Å². The zero-order chi connectivity index (χ0) is 36.3. The van der Waals surface area contributed by atoms with E-state index in [-0.39, 0.29) is 0 Å². The highest BCUT2D eigenvalue weighted by molar-refractivity contribution is 7.25. The van der Waals surface area contributed by atoms with Crippen LogP contribution in [0.1, 0.15) is 0 Å². The van der Waals surface area contributed by atoms with Gasteiger partial charge in [-0.3, -0.25) is 0 Å². The van der Waals surface area contributed by atoms with Crippen molar-refractivity contribution in [1.29, 1.82) is 0 Å². The van der Waals surface area contributed by atoms with Gasteiger partial charge in [-0.05, 0) is 91.0 Å². The fourth-order valence-electron chi connectivity index (χ4n) is 8.00. The summed E-state index contributed by atoms with van der Waals surface area (Å²) < 4.78 is 2.65. The molecule has 0 aliphatic heterocycles. The van der Waals surface area contributed by atoms with Crippen molar-refractivity contribution in [3.63, 3.8) is 0 Å². The van der Waals surface area contributed by atoms with Gasteiger partial charge in [0.1, 0.15) is 0 Å². The molecule has 9 aromatic carbocycles. The topological polar surface area (TPSA) is 38.7 Å². The van der Waals surface area contributed by atoms with Crippen molar-refractivity contribution in [2.75, 3.05) is 0 Å². The molecule has 0 fully saturated rings. The minimum atomic E-state index is 0.651. The number of benzene rings is 9. The molecule has 0 bridgehead atoms. The van der Waals surface area contributed by atoms with E-state index in [0.29, 0.717) is 17.5 Å². The van der Waals surface area contributed by atoms with Crippen LogP contribution in [-0.4, -0.2) is 15.0 Å². The molecule has 0 unspecified atom stereocenters. The third kappa shape index (κ3) is 5.46. The summed E-state index contributed by atoms with van der Waals surface area (Å²) in [5, 5.41) is 9.90. The third-order valence-electron chi connectivity index (χ3n) is 10.7. The molecule has 0 N–H and O–H groups in total. The first kappa shape index (κ1) is 31.5. The van der Waals surface area contributed by atoms with E-state index in [1.165, 1.54) is 74.7 Å². The third-order valence-corrected chi connectivity index (χ3v) is 11.9. The second-order valence-electron chi connectivity index (χ2n) is 14.0. The first-order valence-corrected chi connectivity index (χ1v) is 19.3. The van der Waals surface area contributed by atoms with Crippen molar-refractivity contribution in [2.24, 2.45) is 0 Å². The molecule has 0 atom stereocenters. The monoisotopic (exact) mass is 717 g/mol. The summed E-state index contributed by atoms with van der Waals surface area (Å²) >= 11 is 1.86. The van der Waals surface area contributed by atoms with E-state index >= 15 is 0 Å². The second kappa shape index (κ2) is 12.8. The summed E-state index contributed by atoms with van der Waals surface area (Å²) in [6.07, 6.45) is 0. The number of thiophene rings is 1. The standard InChI is InChI=1S/C51H31N3S/c1-3-12-32(13-4-1)49-52-50(33-14-5-2-6-15-33)54-51(53-49)38-23-26-41-39-18-7-8-19-40(39)44-29-36(22-25-42(44)45(41)31-38)34-16-11-17-35(28-34)37-24-27-48-46(30-37)43-20-9-10-21-47(43)55-48/h1-31H. The SMILES string of the molecule is c1ccc(-c2nc(-c3ccccc3)nc(-c3ccc4c5ccccc5c5cc(-c6cccc(-c7ccc8sc9ccccc9c8c7)c6)ccc5c4c3)n2)cc1. The van der Waals surface area contributed by atoms with Crippen LogP contribution in [0.5, 0.6) is 0 Å². The van der Waals surface area contributed by atoms with E-state index in [2.05, 4.69) is 127 Å². The highest BCUT2D eigenvalue weighted by Crippen LogP contribution is 2.40. The number of hydrogen-bond acceptors (Lipinski definition) is 4. The fourth-order valence-corrected chi connectivity index (χ4v) is 9.08. The molecule has 0 saturated heterocycles. The molecule has 2 aromatic heterocycles. The summed E-state index contributed by atoms with van der Waals surface area (Å²) in [6.45, 7) is 0. The van der Waals surface area contributed by atoms with Gasteiger partial charge in [-0.25, -0.2) is 15.0 Å². The van der Waals surface area contributed by atoms with Crippen molar-refractivity contribution in [3.8, 4) is 56.4 Å². The summed E-state index contributed by atoms with van der Waals surface area (Å²) in [5.74, 6) is 1.96. The molecular weight excluding hydrogens is 687 g/mol. The average Bonchev–Trinajstić information content (AvgIpc) is 3.65. The molecule has 2 heterocycles. The Bertz CT molecular complexity index is 3200. The quantitative estimate of drug-likeness (QED) is 0.166. The molecule has 3 nitrogen and oxygen atoms in total. The Morgan fingerprint density at radius 2 is 0.636 bits per heavy atom. The van der Waals surface area contributed by atoms with Gasteiger partial charge in [-0.1, -0.05) is 152 Å². The van der Waals surface area contributed by atoms with Gasteiger partial charge in [0.05, 0.1) is 0 Å². The van der Waals surface area contributed by atoms with Crippen LogP contribution >= 0.6 is 11.3 Å². The Balaban J connectivity index is 1.06. The number of fused-ring (bicyclic) bond motifs is 9. The zero-order valence-electron chi connectivity index (χ0n) is 29.6. The summed E-state index contributed by atoms with van der Waals surface area (Å²) in [7, 11) is 0. The lowest BCUT2D eigenvalue weighted by Crippen LogP contribution is -2.00. The van der Waals surface area contributed by atoms with Crippen LogP contribution in [0, 0.1) is 0 Å². The summed E-state index contributed by atoms with van der Waals surface area (Å²) in [5.41, 5.74) is 7.69. The predicted octanol–water partition coefficient (Wildman–Crippen LogP) is 14.0. The predicted molar refractivity (Wildman–Crippen MR) is 232 cm³/mol. The molecule has 55 heavy (non-hydrogen) atoms. The van der Waals surface area contributed by atoms with E-state index in [9.17, 15) is 0 Å². The lowest BCUT2D eigenvalue weighted by molar-refractivity contribution is 1.07. The van der Waals surface area contributed by atoms with Gasteiger partial charge in [0.25, 0.3) is 0 Å². The Kier molecular flexibility index (Phi) is 7.35. The lowest BCUT2D eigenvalue weighted by Gasteiger charge is -2.14. The molecule has 0 spiro atoms. The number of hydrogen-bond donors (Lipinski definition) is 0. The van der Waals surface area contributed by atoms with E-state index < -0.39 is 0 Å². The van der Waals surface area contributed by atoms with Crippen molar-refractivity contribution >= 4 is 63.8 Å². The average molecular weight is 718 g/mol. The van der Waals surface area contributed by atoms with Gasteiger partial charge >= 0.3 is 0 Å². The van der Waals surface area contributed by atoms with Crippen molar-refractivity contribution in [2.45, 2.75) is 0 Å². The second-order valence-corrected chi connectivity index (χ2v) is 15.1. The van der Waals surface area contributed by atoms with Gasteiger partial charge < -0.3 is 0 Å². The van der Waals surface area contributed by atoms with Crippen LogP contribution in [0.2, 0.25) is 0 Å². The normalized spacial score (nSPS) is 11.6. The Morgan fingerprint density at radius 1 is 0.236 bits per heavy atom. The maximum atomic E-state index is 5.04. The molecule has 0 radical (unpaired) electrons. The summed E-state index contributed by atoms with van der Waals surface area (Å²) in [6, 6.07) is 67.1. The van der Waals surface area contributed by atoms with Crippen molar-refractivity contribution in [1.82, 2.24) is 15.0 Å². The van der Waals surface area contributed by atoms with Crippen molar-refractivity contribution < 1.29 is 0 Å². The van der Waals surface area contributed by atoms with Crippen LogP contribution < -0.4 is 0 Å². The lowest BCUT2D eigenvalue weighted by atomic mass is 9.90. The van der Waals surface area contributed by atoms with E-state index in [4.69, 9.17) is 15.0 Å². The highest BCUT2D eigenvalue weighted by Gasteiger charge is 2.16. The number of aromatic nitrogens is 3. The van der Waals surface area contributed by atoms with Crippen LogP contribution in [0.15, 0.2) is 188 Å². The van der Waals surface area contributed by atoms with Gasteiger partial charge in [-0.15, -0.1) is 11.3 Å². The largest absolute Gasteiger partial charge is 0.208 e. The maximum absolute atomic E-state index is 5.04. The molecule has 4 heteroatoms. The Labute approximate surface area is 321 Å². The van der Waals surface area contributed by atoms with E-state index in [1.807, 2.05) is 72.0 Å². The zero-order valence-corrected chi connectivity index (χ0v) is 30.5. The first-order chi connectivity index (χ1) is 27.2. The molecule has 0 aliphatic carbocycles. The molecule has 256 valence electrons. The van der Waals surface area contributed by atoms with E-state index in [0.717, 1.165) is 16.7 Å². The Morgan fingerprint density at radius 3 is 1.29 bits per heavy atom. The van der Waals surface area contributed by atoms with Gasteiger partial charge in [0.15, 0.2) is 17.5 Å². The molecule has 11 rings (SSSR count). The van der Waals surface area contributed by atoms with E-state index in [1.54, 1.807) is 0 Å². The molecule has 0 amide bonds. The smallest absolute Gasteiger partial charge is 0.164 e. The minimum absolute atomic E-state index is 0.651. The number of rotatable bonds is 5. The fraction of sp³-hybridized carbons (Fsp3) is 0. The molecular formula is C51H31N3S. The van der Waals surface area contributed by atoms with Crippen LogP contribution in [0.25, 0.3) is 109 Å².